The lowest BCUT2D eigenvalue weighted by molar-refractivity contribution is -0.155. The average Bonchev–Trinajstić information content (AvgIpc) is 2.89. The van der Waals surface area contributed by atoms with Crippen LogP contribution in [0.5, 0.6) is 0 Å². The Bertz CT molecular complexity index is 445. The van der Waals surface area contributed by atoms with Crippen molar-refractivity contribution in [3.8, 4) is 0 Å². The van der Waals surface area contributed by atoms with Crippen LogP contribution in [0.1, 0.15) is 86.5 Å². The van der Waals surface area contributed by atoms with Gasteiger partial charge in [-0.3, -0.25) is 10.1 Å². The Morgan fingerprint density at radius 2 is 1.81 bits per heavy atom. The number of unbranched alkanes of at least 4 members (excludes halogenated alkanes) is 4. The van der Waals surface area contributed by atoms with Crippen molar-refractivity contribution in [2.45, 2.75) is 122 Å². The summed E-state index contributed by atoms with van der Waals surface area (Å²) in [7, 11) is -1.84. The average molecular weight is 386 g/mol. The first-order valence-electron chi connectivity index (χ1n) is 10.6. The summed E-state index contributed by atoms with van der Waals surface area (Å²) in [4.78, 5) is 12.9. The first kappa shape index (κ1) is 23.6. The fraction of sp³-hybridized carbons (Fsp3) is 0.952. The number of rotatable bonds is 10. The standard InChI is InChI=1S/C21H43NO3Si/c1-9-10-11-12-13-14-21(19(23)24-17(2)3)15-18(16-22-21)25-26(7,8)20(4,5)6/h17-18,22H,9-16H2,1-8H3/t18-,21+/m1/s1. The molecule has 0 aromatic rings. The first-order valence-corrected chi connectivity index (χ1v) is 13.5. The monoisotopic (exact) mass is 385 g/mol. The molecule has 1 aliphatic rings. The van der Waals surface area contributed by atoms with E-state index in [4.69, 9.17) is 9.16 Å². The van der Waals surface area contributed by atoms with Gasteiger partial charge >= 0.3 is 5.97 Å². The highest BCUT2D eigenvalue weighted by atomic mass is 28.4. The minimum atomic E-state index is -1.84. The molecule has 1 aliphatic heterocycles. The third-order valence-electron chi connectivity index (χ3n) is 5.95. The summed E-state index contributed by atoms with van der Waals surface area (Å²) >= 11 is 0. The fourth-order valence-corrected chi connectivity index (χ4v) is 4.68. The van der Waals surface area contributed by atoms with E-state index in [2.05, 4.69) is 46.1 Å². The maximum absolute atomic E-state index is 12.9. The van der Waals surface area contributed by atoms with E-state index in [0.717, 1.165) is 25.8 Å². The van der Waals surface area contributed by atoms with Gasteiger partial charge in [0.2, 0.25) is 0 Å². The van der Waals surface area contributed by atoms with Crippen molar-refractivity contribution in [3.05, 3.63) is 0 Å². The van der Waals surface area contributed by atoms with E-state index in [1.807, 2.05) is 13.8 Å². The van der Waals surface area contributed by atoms with Gasteiger partial charge in [-0.25, -0.2) is 0 Å². The maximum atomic E-state index is 12.9. The Labute approximate surface area is 162 Å². The Morgan fingerprint density at radius 3 is 2.35 bits per heavy atom. The summed E-state index contributed by atoms with van der Waals surface area (Å²) < 4.78 is 12.2. The molecule has 1 heterocycles. The van der Waals surface area contributed by atoms with Crippen LogP contribution in [0.15, 0.2) is 0 Å². The van der Waals surface area contributed by atoms with E-state index in [0.29, 0.717) is 0 Å². The zero-order valence-corrected chi connectivity index (χ0v) is 19.5. The summed E-state index contributed by atoms with van der Waals surface area (Å²) in [6.45, 7) is 18.2. The highest BCUT2D eigenvalue weighted by Gasteiger charge is 2.49. The Balaban J connectivity index is 2.76. The molecule has 0 aromatic carbocycles. The molecule has 26 heavy (non-hydrogen) atoms. The Morgan fingerprint density at radius 1 is 1.19 bits per heavy atom. The SMILES string of the molecule is CCCCCCC[C@@]1(C(=O)OC(C)C)C[C@@H](O[Si](C)(C)C(C)(C)C)CN1. The molecule has 1 fully saturated rings. The summed E-state index contributed by atoms with van der Waals surface area (Å²) in [6.07, 6.45) is 7.60. The summed E-state index contributed by atoms with van der Waals surface area (Å²) in [5.74, 6) is -0.0932. The van der Waals surface area contributed by atoms with Crippen molar-refractivity contribution in [2.75, 3.05) is 6.54 Å². The van der Waals surface area contributed by atoms with Gasteiger partial charge in [-0.05, 0) is 38.4 Å². The van der Waals surface area contributed by atoms with Crippen molar-refractivity contribution >= 4 is 14.3 Å². The molecule has 0 spiro atoms. The zero-order chi connectivity index (χ0) is 20.0. The highest BCUT2D eigenvalue weighted by molar-refractivity contribution is 6.74. The minimum absolute atomic E-state index is 0.0818. The molecule has 5 heteroatoms. The predicted molar refractivity (Wildman–Crippen MR) is 112 cm³/mol. The number of hydrogen-bond acceptors (Lipinski definition) is 4. The summed E-state index contributed by atoms with van der Waals surface area (Å²) in [6, 6.07) is 0. The van der Waals surface area contributed by atoms with Gasteiger partial charge in [-0.1, -0.05) is 59.8 Å². The Kier molecular flexibility index (Phi) is 8.82. The molecule has 0 saturated carbocycles. The lowest BCUT2D eigenvalue weighted by atomic mass is 9.89. The van der Waals surface area contributed by atoms with Gasteiger partial charge in [-0.15, -0.1) is 0 Å². The van der Waals surface area contributed by atoms with E-state index >= 15 is 0 Å². The number of ether oxygens (including phenoxy) is 1. The van der Waals surface area contributed by atoms with Crippen molar-refractivity contribution in [2.24, 2.45) is 0 Å². The number of carbonyl (C=O) groups excluding carboxylic acids is 1. The lowest BCUT2D eigenvalue weighted by Crippen LogP contribution is -2.49. The molecule has 1 saturated heterocycles. The van der Waals surface area contributed by atoms with Gasteiger partial charge in [0, 0.05) is 13.0 Å². The van der Waals surface area contributed by atoms with Gasteiger partial charge in [-0.2, -0.15) is 0 Å². The summed E-state index contributed by atoms with van der Waals surface area (Å²) in [5, 5.41) is 3.69. The molecule has 4 nitrogen and oxygen atoms in total. The van der Waals surface area contributed by atoms with Crippen LogP contribution in [0.3, 0.4) is 0 Å². The molecule has 2 atom stereocenters. The van der Waals surface area contributed by atoms with Crippen LogP contribution in [-0.2, 0) is 14.0 Å². The molecule has 0 amide bonds. The first-order chi connectivity index (χ1) is 11.9. The van der Waals surface area contributed by atoms with Crippen LogP contribution < -0.4 is 5.32 Å². The van der Waals surface area contributed by atoms with Crippen LogP contribution in [0.4, 0.5) is 0 Å². The molecular weight excluding hydrogens is 342 g/mol. The van der Waals surface area contributed by atoms with E-state index < -0.39 is 13.9 Å². The normalized spacial score (nSPS) is 24.3. The molecule has 0 aromatic heterocycles. The number of carbonyl (C=O) groups is 1. The van der Waals surface area contributed by atoms with E-state index in [1.165, 1.54) is 25.7 Å². The van der Waals surface area contributed by atoms with Crippen LogP contribution in [0, 0.1) is 0 Å². The smallest absolute Gasteiger partial charge is 0.326 e. The van der Waals surface area contributed by atoms with Gasteiger partial charge in [0.05, 0.1) is 12.2 Å². The van der Waals surface area contributed by atoms with Crippen molar-refractivity contribution in [3.63, 3.8) is 0 Å². The van der Waals surface area contributed by atoms with Crippen molar-refractivity contribution in [1.29, 1.82) is 0 Å². The Hall–Kier alpha value is -0.393. The van der Waals surface area contributed by atoms with Crippen LogP contribution in [0.25, 0.3) is 0 Å². The summed E-state index contributed by atoms with van der Waals surface area (Å²) in [5.41, 5.74) is -0.566. The van der Waals surface area contributed by atoms with E-state index in [-0.39, 0.29) is 23.2 Å². The lowest BCUT2D eigenvalue weighted by Gasteiger charge is -2.38. The fourth-order valence-electron chi connectivity index (χ4n) is 3.32. The van der Waals surface area contributed by atoms with E-state index in [1.54, 1.807) is 0 Å². The molecule has 1 rings (SSSR count). The maximum Gasteiger partial charge on any atom is 0.326 e. The second-order valence-electron chi connectivity index (χ2n) is 9.79. The molecule has 0 radical (unpaired) electrons. The third kappa shape index (κ3) is 6.65. The number of esters is 1. The predicted octanol–water partition coefficient (Wildman–Crippen LogP) is 5.42. The topological polar surface area (TPSA) is 47.6 Å². The van der Waals surface area contributed by atoms with E-state index in [9.17, 15) is 4.79 Å². The highest BCUT2D eigenvalue weighted by Crippen LogP contribution is 2.39. The third-order valence-corrected chi connectivity index (χ3v) is 10.5. The second kappa shape index (κ2) is 9.70. The molecule has 1 N–H and O–H groups in total. The second-order valence-corrected chi connectivity index (χ2v) is 14.5. The number of nitrogens with one attached hydrogen (secondary N) is 1. The molecule has 0 bridgehead atoms. The van der Waals surface area contributed by atoms with Gasteiger partial charge in [0.15, 0.2) is 8.32 Å². The van der Waals surface area contributed by atoms with Gasteiger partial charge in [0.25, 0.3) is 0 Å². The van der Waals surface area contributed by atoms with Gasteiger partial charge < -0.3 is 9.16 Å². The largest absolute Gasteiger partial charge is 0.462 e. The molecular formula is C21H43NO3Si. The van der Waals surface area contributed by atoms with Crippen LogP contribution in [-0.4, -0.2) is 38.6 Å². The van der Waals surface area contributed by atoms with Crippen LogP contribution >= 0.6 is 0 Å². The minimum Gasteiger partial charge on any atom is -0.462 e. The number of hydrogen-bond donors (Lipinski definition) is 1. The zero-order valence-electron chi connectivity index (χ0n) is 18.5. The molecule has 0 unspecified atom stereocenters. The molecule has 154 valence electrons. The van der Waals surface area contributed by atoms with Gasteiger partial charge in [0.1, 0.15) is 5.54 Å². The molecule has 0 aliphatic carbocycles. The van der Waals surface area contributed by atoms with Crippen molar-refractivity contribution < 1.29 is 14.0 Å². The quantitative estimate of drug-likeness (QED) is 0.310. The van der Waals surface area contributed by atoms with Crippen molar-refractivity contribution in [1.82, 2.24) is 5.32 Å². The van der Waals surface area contributed by atoms with Crippen LogP contribution in [0.2, 0.25) is 18.1 Å².